The number of hydrogen-bond donors (Lipinski definition) is 0. The molecule has 0 N–H and O–H groups in total. The predicted molar refractivity (Wildman–Crippen MR) is 170 cm³/mol. The summed E-state index contributed by atoms with van der Waals surface area (Å²) in [5, 5.41) is 0. The van der Waals surface area contributed by atoms with Crippen LogP contribution in [0.3, 0.4) is 0 Å². The molecule has 0 saturated heterocycles. The second kappa shape index (κ2) is 15.9. The number of ether oxygens (including phenoxy) is 2. The molecule has 0 amide bonds. The molecule has 3 nitrogen and oxygen atoms in total. The number of rotatable bonds is 14. The highest BCUT2D eigenvalue weighted by Gasteiger charge is 2.42. The quantitative estimate of drug-likeness (QED) is 0.0736. The van der Waals surface area contributed by atoms with E-state index in [2.05, 4.69) is 21.4 Å². The lowest BCUT2D eigenvalue weighted by atomic mass is 9.77. The largest absolute Gasteiger partial charge is 0.432 e. The number of aryl methyl sites for hydroxylation is 1. The summed E-state index contributed by atoms with van der Waals surface area (Å²) in [5.74, 6) is -12.1. The van der Waals surface area contributed by atoms with Crippen LogP contribution in [0.15, 0.2) is 60.8 Å². The number of unbranched alkanes of at least 4 members (excludes halogenated alkanes) is 2. The van der Waals surface area contributed by atoms with E-state index in [1.165, 1.54) is 50.7 Å². The van der Waals surface area contributed by atoms with E-state index in [1.807, 2.05) is 6.07 Å². The zero-order valence-electron chi connectivity index (χ0n) is 27.5. The average Bonchev–Trinajstić information content (AvgIpc) is 3.06. The number of benzene rings is 3. The first-order chi connectivity index (χ1) is 24.2. The minimum Gasteiger partial charge on any atom is -0.432 e. The fourth-order valence-corrected chi connectivity index (χ4v) is 6.38. The Morgan fingerprint density at radius 3 is 1.92 bits per heavy atom. The van der Waals surface area contributed by atoms with Crippen molar-refractivity contribution in [2.45, 2.75) is 89.3 Å². The highest BCUT2D eigenvalue weighted by Crippen LogP contribution is 2.40. The minimum atomic E-state index is -4.92. The zero-order valence-corrected chi connectivity index (χ0v) is 27.5. The fourth-order valence-electron chi connectivity index (χ4n) is 6.38. The third kappa shape index (κ3) is 9.53. The van der Waals surface area contributed by atoms with Gasteiger partial charge in [0.25, 0.3) is 0 Å². The molecule has 1 saturated carbocycles. The van der Waals surface area contributed by atoms with E-state index in [9.17, 15) is 43.9 Å². The lowest BCUT2D eigenvalue weighted by Gasteiger charge is -2.28. The van der Waals surface area contributed by atoms with Gasteiger partial charge in [-0.1, -0.05) is 50.8 Å². The Bertz CT molecular complexity index is 1760. The van der Waals surface area contributed by atoms with Crippen molar-refractivity contribution >= 4 is 0 Å². The van der Waals surface area contributed by atoms with Gasteiger partial charge in [0.05, 0.1) is 12.1 Å². The normalized spacial score (nSPS) is 16.7. The first-order valence-electron chi connectivity index (χ1n) is 16.7. The number of nitrogens with zero attached hydrogens (tertiary/aromatic N) is 1. The monoisotopic (exact) mass is 727 g/mol. The van der Waals surface area contributed by atoms with Crippen LogP contribution >= 0.6 is 0 Å². The van der Waals surface area contributed by atoms with Crippen molar-refractivity contribution in [3.63, 3.8) is 0 Å². The Morgan fingerprint density at radius 2 is 1.33 bits per heavy atom. The summed E-state index contributed by atoms with van der Waals surface area (Å²) >= 11 is 0. The van der Waals surface area contributed by atoms with Crippen molar-refractivity contribution in [3.8, 4) is 22.8 Å². The van der Waals surface area contributed by atoms with Crippen LogP contribution in [0, 0.1) is 40.8 Å². The highest BCUT2D eigenvalue weighted by molar-refractivity contribution is 5.60. The molecule has 1 aliphatic rings. The molecule has 0 bridgehead atoms. The molecule has 0 unspecified atom stereocenters. The van der Waals surface area contributed by atoms with E-state index in [-0.39, 0.29) is 29.8 Å². The summed E-state index contributed by atoms with van der Waals surface area (Å²) in [6.07, 6.45) is 0.636. The van der Waals surface area contributed by atoms with Gasteiger partial charge in [-0.25, -0.2) is 26.3 Å². The molecule has 0 aliphatic heterocycles. The molecule has 1 aromatic heterocycles. The number of alkyl halides is 4. The molecule has 274 valence electrons. The highest BCUT2D eigenvalue weighted by atomic mass is 19.3. The molecule has 4 aromatic rings. The molecule has 13 heteroatoms. The number of halogens is 10. The van der Waals surface area contributed by atoms with E-state index in [0.29, 0.717) is 17.2 Å². The average molecular weight is 728 g/mol. The minimum absolute atomic E-state index is 0.0194. The number of pyridine rings is 1. The molecule has 0 radical (unpaired) electrons. The Morgan fingerprint density at radius 1 is 0.706 bits per heavy atom. The summed E-state index contributed by atoms with van der Waals surface area (Å²) in [7, 11) is 0. The van der Waals surface area contributed by atoms with Gasteiger partial charge in [-0.2, -0.15) is 17.6 Å². The Kier molecular flexibility index (Phi) is 11.9. The van der Waals surface area contributed by atoms with Crippen LogP contribution in [0.2, 0.25) is 0 Å². The lowest BCUT2D eigenvalue weighted by Crippen LogP contribution is -2.27. The van der Waals surface area contributed by atoms with Gasteiger partial charge in [0.15, 0.2) is 17.5 Å². The number of aromatic nitrogens is 1. The molecule has 1 heterocycles. The predicted octanol–water partition coefficient (Wildman–Crippen LogP) is 12.2. The van der Waals surface area contributed by atoms with Gasteiger partial charge in [-0.05, 0) is 67.2 Å². The number of hydrogen-bond acceptors (Lipinski definition) is 3. The Labute approximate surface area is 288 Å². The third-order valence-corrected chi connectivity index (χ3v) is 9.13. The van der Waals surface area contributed by atoms with E-state index in [1.54, 1.807) is 12.3 Å². The molecule has 3 aromatic carbocycles. The van der Waals surface area contributed by atoms with Gasteiger partial charge in [0.1, 0.15) is 34.5 Å². The molecular formula is C38H35F10NO2. The summed E-state index contributed by atoms with van der Waals surface area (Å²) in [6, 6.07) is 7.88. The molecule has 1 fully saturated rings. The molecular weight excluding hydrogens is 692 g/mol. The Balaban J connectivity index is 1.18. The summed E-state index contributed by atoms with van der Waals surface area (Å²) < 4.78 is 151. The van der Waals surface area contributed by atoms with Crippen molar-refractivity contribution in [1.82, 2.24) is 4.98 Å². The van der Waals surface area contributed by atoms with Gasteiger partial charge in [0.2, 0.25) is 0 Å². The molecule has 0 atom stereocenters. The maximum absolute atomic E-state index is 15.0. The van der Waals surface area contributed by atoms with Gasteiger partial charge in [-0.15, -0.1) is 0 Å². The van der Waals surface area contributed by atoms with Crippen molar-refractivity contribution < 1.29 is 53.4 Å². The van der Waals surface area contributed by atoms with Gasteiger partial charge < -0.3 is 9.47 Å². The zero-order chi connectivity index (χ0) is 36.9. The van der Waals surface area contributed by atoms with E-state index < -0.39 is 77.0 Å². The van der Waals surface area contributed by atoms with Crippen molar-refractivity contribution in [3.05, 3.63) is 112 Å². The van der Waals surface area contributed by atoms with Crippen LogP contribution in [-0.4, -0.2) is 11.1 Å². The fraction of sp³-hybridized carbons (Fsp3) is 0.395. The van der Waals surface area contributed by atoms with Gasteiger partial charge in [0, 0.05) is 36.0 Å². The van der Waals surface area contributed by atoms with Crippen LogP contribution in [0.25, 0.3) is 11.3 Å². The van der Waals surface area contributed by atoms with Crippen molar-refractivity contribution in [1.29, 1.82) is 0 Å². The van der Waals surface area contributed by atoms with Crippen LogP contribution in [0.4, 0.5) is 43.9 Å². The Hall–Kier alpha value is -4.29. The van der Waals surface area contributed by atoms with Crippen molar-refractivity contribution in [2.75, 3.05) is 0 Å². The summed E-state index contributed by atoms with van der Waals surface area (Å²) in [6.45, 7) is 2.20. The lowest BCUT2D eigenvalue weighted by molar-refractivity contribution is -0.190. The maximum atomic E-state index is 15.0. The summed E-state index contributed by atoms with van der Waals surface area (Å²) in [5.41, 5.74) is -0.124. The molecule has 51 heavy (non-hydrogen) atoms. The standard InChI is InChI=1S/C38H35F10NO2/c1-2-3-4-5-22-6-8-23(9-7-22)26-12-13-34(49-21-26)25-11-10-24(29(39)16-25)14-15-37(45,46)50-27-17-30(40)35(31(41)18-27)38(47,48)51-28-19-32(42)36(44)33(43)20-28/h10-13,16-23H,2-9,14-15H2,1H3. The van der Waals surface area contributed by atoms with E-state index in [0.717, 1.165) is 30.4 Å². The SMILES string of the molecule is CCCCCC1CCC(c2ccc(-c3ccc(CCC(F)(F)Oc4cc(F)c(C(F)(F)Oc5cc(F)c(F)c(F)c5)c(F)c4)c(F)c3)nc2)CC1. The summed E-state index contributed by atoms with van der Waals surface area (Å²) in [4.78, 5) is 4.51. The second-order valence-electron chi connectivity index (χ2n) is 12.8. The second-order valence-corrected chi connectivity index (χ2v) is 12.8. The van der Waals surface area contributed by atoms with Gasteiger partial charge >= 0.3 is 12.2 Å². The van der Waals surface area contributed by atoms with Crippen molar-refractivity contribution in [2.24, 2.45) is 5.92 Å². The first-order valence-corrected chi connectivity index (χ1v) is 16.7. The molecule has 5 rings (SSSR count). The first kappa shape index (κ1) is 38.0. The maximum Gasteiger partial charge on any atom is 0.432 e. The van der Waals surface area contributed by atoms with Crippen LogP contribution in [0.1, 0.15) is 87.3 Å². The van der Waals surface area contributed by atoms with Crippen LogP contribution < -0.4 is 9.47 Å². The third-order valence-electron chi connectivity index (χ3n) is 9.13. The van der Waals surface area contributed by atoms with Gasteiger partial charge in [-0.3, -0.25) is 4.98 Å². The topological polar surface area (TPSA) is 31.4 Å². The smallest absolute Gasteiger partial charge is 0.432 e. The van der Waals surface area contributed by atoms with E-state index >= 15 is 0 Å². The van der Waals surface area contributed by atoms with Crippen LogP contribution in [-0.2, 0) is 12.5 Å². The molecule has 0 spiro atoms. The van der Waals surface area contributed by atoms with E-state index in [4.69, 9.17) is 0 Å². The van der Waals surface area contributed by atoms with Crippen LogP contribution in [0.5, 0.6) is 11.5 Å². The molecule has 1 aliphatic carbocycles.